The van der Waals surface area contributed by atoms with Crippen molar-refractivity contribution in [2.75, 3.05) is 24.2 Å². The van der Waals surface area contributed by atoms with Crippen molar-refractivity contribution in [3.8, 4) is 0 Å². The SMILES string of the molecule is CN(CC(C)(C)C)c1nc2ccc(N)cc2c(=O)[nH]1. The van der Waals surface area contributed by atoms with Crippen LogP contribution < -0.4 is 16.2 Å². The molecule has 2 aromatic rings. The van der Waals surface area contributed by atoms with Gasteiger partial charge in [0.1, 0.15) is 0 Å². The van der Waals surface area contributed by atoms with Gasteiger partial charge in [0.05, 0.1) is 10.9 Å². The lowest BCUT2D eigenvalue weighted by Gasteiger charge is -2.26. The number of hydrogen-bond donors (Lipinski definition) is 2. The van der Waals surface area contributed by atoms with Crippen LogP contribution in [0.5, 0.6) is 0 Å². The van der Waals surface area contributed by atoms with Crippen LogP contribution >= 0.6 is 0 Å². The number of fused-ring (bicyclic) bond motifs is 1. The lowest BCUT2D eigenvalue weighted by atomic mass is 9.96. The highest BCUT2D eigenvalue weighted by atomic mass is 16.1. The van der Waals surface area contributed by atoms with Gasteiger partial charge in [-0.2, -0.15) is 0 Å². The molecule has 0 fully saturated rings. The monoisotopic (exact) mass is 260 g/mol. The first-order chi connectivity index (χ1) is 8.76. The van der Waals surface area contributed by atoms with Gasteiger partial charge in [-0.05, 0) is 23.6 Å². The van der Waals surface area contributed by atoms with Crippen molar-refractivity contribution >= 4 is 22.5 Å². The van der Waals surface area contributed by atoms with Crippen LogP contribution in [0.25, 0.3) is 10.9 Å². The molecule has 1 aromatic carbocycles. The molecule has 0 aliphatic heterocycles. The van der Waals surface area contributed by atoms with Gasteiger partial charge >= 0.3 is 0 Å². The summed E-state index contributed by atoms with van der Waals surface area (Å²) in [5, 5.41) is 0.521. The predicted molar refractivity (Wildman–Crippen MR) is 79.5 cm³/mol. The standard InChI is InChI=1S/C14H20N4O/c1-14(2,3)8-18(4)13-16-11-6-5-9(15)7-10(11)12(19)17-13/h5-7H,8,15H2,1-4H3,(H,16,17,19). The number of nitrogen functional groups attached to an aromatic ring is 1. The maximum atomic E-state index is 12.0. The lowest BCUT2D eigenvalue weighted by Crippen LogP contribution is -2.31. The van der Waals surface area contributed by atoms with Crippen molar-refractivity contribution in [2.45, 2.75) is 20.8 Å². The summed E-state index contributed by atoms with van der Waals surface area (Å²) in [4.78, 5) is 21.3. The van der Waals surface area contributed by atoms with E-state index in [1.54, 1.807) is 18.2 Å². The Bertz CT molecular complexity index is 655. The van der Waals surface area contributed by atoms with E-state index in [1.807, 2.05) is 11.9 Å². The van der Waals surface area contributed by atoms with Crippen molar-refractivity contribution in [3.05, 3.63) is 28.6 Å². The first kappa shape index (κ1) is 13.4. The highest BCUT2D eigenvalue weighted by molar-refractivity contribution is 5.81. The number of nitrogens with one attached hydrogen (secondary N) is 1. The Morgan fingerprint density at radius 2 is 2.05 bits per heavy atom. The number of rotatable bonds is 2. The fourth-order valence-corrected chi connectivity index (χ4v) is 2.11. The van der Waals surface area contributed by atoms with E-state index in [-0.39, 0.29) is 11.0 Å². The van der Waals surface area contributed by atoms with Crippen molar-refractivity contribution < 1.29 is 0 Å². The van der Waals surface area contributed by atoms with E-state index in [9.17, 15) is 4.79 Å². The molecule has 0 bridgehead atoms. The summed E-state index contributed by atoms with van der Waals surface area (Å²) >= 11 is 0. The molecule has 5 nitrogen and oxygen atoms in total. The van der Waals surface area contributed by atoms with E-state index in [4.69, 9.17) is 5.73 Å². The van der Waals surface area contributed by atoms with Gasteiger partial charge in [-0.1, -0.05) is 20.8 Å². The van der Waals surface area contributed by atoms with E-state index < -0.39 is 0 Å². The summed E-state index contributed by atoms with van der Waals surface area (Å²) in [6.07, 6.45) is 0. The van der Waals surface area contributed by atoms with Gasteiger partial charge in [-0.25, -0.2) is 4.98 Å². The van der Waals surface area contributed by atoms with Crippen molar-refractivity contribution in [3.63, 3.8) is 0 Å². The molecule has 0 aliphatic carbocycles. The van der Waals surface area contributed by atoms with Crippen LogP contribution in [0.4, 0.5) is 11.6 Å². The highest BCUT2D eigenvalue weighted by Gasteiger charge is 2.16. The number of benzene rings is 1. The second kappa shape index (κ2) is 4.57. The minimum Gasteiger partial charge on any atom is -0.399 e. The van der Waals surface area contributed by atoms with Gasteiger partial charge in [0.15, 0.2) is 0 Å². The van der Waals surface area contributed by atoms with Crippen LogP contribution in [-0.4, -0.2) is 23.6 Å². The Kier molecular flexibility index (Phi) is 3.22. The van der Waals surface area contributed by atoms with E-state index in [2.05, 4.69) is 30.7 Å². The number of anilines is 2. The first-order valence-electron chi connectivity index (χ1n) is 6.27. The van der Waals surface area contributed by atoms with Crippen molar-refractivity contribution in [1.29, 1.82) is 0 Å². The number of H-pyrrole nitrogens is 1. The maximum Gasteiger partial charge on any atom is 0.260 e. The zero-order valence-electron chi connectivity index (χ0n) is 11.8. The average molecular weight is 260 g/mol. The quantitative estimate of drug-likeness (QED) is 0.810. The van der Waals surface area contributed by atoms with Crippen LogP contribution in [-0.2, 0) is 0 Å². The van der Waals surface area contributed by atoms with Gasteiger partial charge in [0, 0.05) is 19.3 Å². The zero-order valence-corrected chi connectivity index (χ0v) is 11.8. The Balaban J connectivity index is 2.46. The Hall–Kier alpha value is -2.04. The smallest absolute Gasteiger partial charge is 0.260 e. The Morgan fingerprint density at radius 1 is 1.37 bits per heavy atom. The van der Waals surface area contributed by atoms with E-state index >= 15 is 0 Å². The molecule has 0 saturated heterocycles. The molecule has 0 saturated carbocycles. The van der Waals surface area contributed by atoms with Crippen LogP contribution in [0, 0.1) is 5.41 Å². The van der Waals surface area contributed by atoms with E-state index in [0.717, 1.165) is 6.54 Å². The summed E-state index contributed by atoms with van der Waals surface area (Å²) in [6, 6.07) is 5.17. The topological polar surface area (TPSA) is 75.0 Å². The highest BCUT2D eigenvalue weighted by Crippen LogP contribution is 2.18. The lowest BCUT2D eigenvalue weighted by molar-refractivity contribution is 0.416. The minimum absolute atomic E-state index is 0.128. The molecule has 19 heavy (non-hydrogen) atoms. The van der Waals surface area contributed by atoms with Crippen LogP contribution in [0.2, 0.25) is 0 Å². The number of nitrogens with two attached hydrogens (primary N) is 1. The number of aromatic nitrogens is 2. The van der Waals surface area contributed by atoms with Crippen LogP contribution in [0.1, 0.15) is 20.8 Å². The van der Waals surface area contributed by atoms with Gasteiger partial charge in [0.25, 0.3) is 5.56 Å². The second-order valence-corrected chi connectivity index (χ2v) is 6.08. The molecule has 0 unspecified atom stereocenters. The number of hydrogen-bond acceptors (Lipinski definition) is 4. The fourth-order valence-electron chi connectivity index (χ4n) is 2.11. The van der Waals surface area contributed by atoms with Crippen molar-refractivity contribution in [1.82, 2.24) is 9.97 Å². The van der Waals surface area contributed by atoms with E-state index in [0.29, 0.717) is 22.5 Å². The molecule has 1 aromatic heterocycles. The Morgan fingerprint density at radius 3 is 2.68 bits per heavy atom. The minimum atomic E-state index is -0.159. The summed E-state index contributed by atoms with van der Waals surface area (Å²) in [5.74, 6) is 0.581. The molecule has 5 heteroatoms. The third kappa shape index (κ3) is 3.05. The third-order valence-electron chi connectivity index (χ3n) is 2.79. The molecule has 0 atom stereocenters. The molecule has 3 N–H and O–H groups in total. The van der Waals surface area contributed by atoms with Crippen molar-refractivity contribution in [2.24, 2.45) is 5.41 Å². The summed E-state index contributed by atoms with van der Waals surface area (Å²) in [7, 11) is 1.92. The zero-order chi connectivity index (χ0) is 14.2. The molecule has 0 aliphatic rings. The first-order valence-corrected chi connectivity index (χ1v) is 6.27. The molecular weight excluding hydrogens is 240 g/mol. The summed E-state index contributed by atoms with van der Waals surface area (Å²) in [6.45, 7) is 7.23. The summed E-state index contributed by atoms with van der Waals surface area (Å²) in [5.41, 5.74) is 6.88. The van der Waals surface area contributed by atoms with E-state index in [1.165, 1.54) is 0 Å². The van der Waals surface area contributed by atoms with Gasteiger partial charge in [-0.15, -0.1) is 0 Å². The third-order valence-corrected chi connectivity index (χ3v) is 2.79. The van der Waals surface area contributed by atoms with Gasteiger partial charge in [0.2, 0.25) is 5.95 Å². The maximum absolute atomic E-state index is 12.0. The Labute approximate surface area is 112 Å². The largest absolute Gasteiger partial charge is 0.399 e. The second-order valence-electron chi connectivity index (χ2n) is 6.08. The molecule has 0 radical (unpaired) electrons. The molecule has 102 valence electrons. The van der Waals surface area contributed by atoms with Gasteiger partial charge in [-0.3, -0.25) is 9.78 Å². The number of nitrogens with zero attached hydrogens (tertiary/aromatic N) is 2. The van der Waals surface area contributed by atoms with Crippen LogP contribution in [0.15, 0.2) is 23.0 Å². The van der Waals surface area contributed by atoms with Crippen LogP contribution in [0.3, 0.4) is 0 Å². The molecule has 0 spiro atoms. The molecular formula is C14H20N4O. The molecule has 0 amide bonds. The normalized spacial score (nSPS) is 11.8. The fraction of sp³-hybridized carbons (Fsp3) is 0.429. The number of aromatic amines is 1. The average Bonchev–Trinajstić information content (AvgIpc) is 2.27. The molecule has 1 heterocycles. The predicted octanol–water partition coefficient (Wildman–Crippen LogP) is 1.99. The molecule has 2 rings (SSSR count). The summed E-state index contributed by atoms with van der Waals surface area (Å²) < 4.78 is 0. The van der Waals surface area contributed by atoms with Gasteiger partial charge < -0.3 is 10.6 Å².